The van der Waals surface area contributed by atoms with Crippen LogP contribution < -0.4 is 16.1 Å². The van der Waals surface area contributed by atoms with E-state index < -0.39 is 0 Å². The molecule has 2 aliphatic heterocycles. The molecule has 2 aliphatic rings. The molecule has 0 fully saturated rings. The number of carbonyl (C=O) groups excluding carboxylic acids is 2. The topological polar surface area (TPSA) is 108 Å². The third-order valence-corrected chi connectivity index (χ3v) is 16.0. The maximum atomic E-state index is 13.5. The molecule has 2 N–H and O–H groups in total. The highest BCUT2D eigenvalue weighted by molar-refractivity contribution is 8.72. The van der Waals surface area contributed by atoms with E-state index in [1.54, 1.807) is 46.7 Å². The molecule has 2 heterocycles. The lowest BCUT2D eigenvalue weighted by Crippen LogP contribution is -2.26. The van der Waals surface area contributed by atoms with Crippen molar-refractivity contribution in [1.82, 2.24) is 0 Å². The van der Waals surface area contributed by atoms with Gasteiger partial charge in [0.1, 0.15) is 8.75 Å². The number of aryl methyl sites for hydroxylation is 2. The second kappa shape index (κ2) is 22.9. The van der Waals surface area contributed by atoms with Crippen LogP contribution in [0, 0.1) is 13.8 Å². The maximum Gasteiger partial charge on any atom is 0.322 e. The number of fused-ring (bicyclic) bond motifs is 2. The van der Waals surface area contributed by atoms with Gasteiger partial charge in [-0.05, 0) is 61.4 Å². The molecule has 2 amide bonds. The summed E-state index contributed by atoms with van der Waals surface area (Å²) in [5, 5.41) is 25.8. The van der Waals surface area contributed by atoms with Crippen LogP contribution >= 0.6 is 46.7 Å². The molecule has 0 spiro atoms. The highest BCUT2D eigenvalue weighted by Gasteiger charge is 2.28. The van der Waals surface area contributed by atoms with Gasteiger partial charge in [0, 0.05) is 45.1 Å². The lowest BCUT2D eigenvalue weighted by atomic mass is 9.93. The Balaban J connectivity index is 1.13. The Morgan fingerprint density at radius 1 is 0.478 bits per heavy atom. The third kappa shape index (κ3) is 12.4. The molecule has 0 radical (unpaired) electrons. The lowest BCUT2D eigenvalue weighted by Gasteiger charge is -2.15. The first-order valence-corrected chi connectivity index (χ1v) is 26.0. The van der Waals surface area contributed by atoms with Gasteiger partial charge >= 0.3 is 5.27 Å². The van der Waals surface area contributed by atoms with E-state index in [9.17, 15) is 9.59 Å². The van der Waals surface area contributed by atoms with E-state index in [2.05, 4.69) is 47.0 Å². The van der Waals surface area contributed by atoms with Crippen molar-refractivity contribution in [2.24, 2.45) is 20.4 Å². The van der Waals surface area contributed by atoms with Gasteiger partial charge in [-0.15, -0.1) is 43.6 Å². The first-order chi connectivity index (χ1) is 33.8. The van der Waals surface area contributed by atoms with Crippen LogP contribution in [0.4, 0.5) is 11.4 Å². The van der Waals surface area contributed by atoms with E-state index in [0.29, 0.717) is 34.1 Å². The highest BCUT2D eigenvalue weighted by Crippen LogP contribution is 2.36. The minimum atomic E-state index is -0.247. The SMILES string of the molecule is Cc1ccc2c(c1)/C(=C/C(=N\N=C(\SCc1ccccc1)SB(S\C(=N/N=C(\C=C1/C(=O)Nc3ccc(C)cc31)c1ccccc1)SCc1ccccc1)c1ccccc1)c1ccccc1)C(=O)N2. The molecule has 7 aromatic carbocycles. The molecule has 0 aromatic heterocycles. The number of allylic oxidation sites excluding steroid dienone is 2. The van der Waals surface area contributed by atoms with Crippen LogP contribution in [0.3, 0.4) is 0 Å². The van der Waals surface area contributed by atoms with Crippen molar-refractivity contribution in [3.8, 4) is 0 Å². The van der Waals surface area contributed by atoms with E-state index in [4.69, 9.17) is 20.4 Å². The molecule has 0 saturated carbocycles. The number of rotatable bonds is 13. The number of benzene rings is 7. The zero-order chi connectivity index (χ0) is 47.4. The van der Waals surface area contributed by atoms with Crippen LogP contribution in [0.2, 0.25) is 0 Å². The number of hydrogen-bond donors (Lipinski definition) is 2. The second-order valence-corrected chi connectivity index (χ2v) is 21.0. The quantitative estimate of drug-likeness (QED) is 0.0392. The molecule has 0 aliphatic carbocycles. The van der Waals surface area contributed by atoms with Crippen LogP contribution in [-0.4, -0.2) is 37.3 Å². The summed E-state index contributed by atoms with van der Waals surface area (Å²) in [4.78, 5) is 26.9. The van der Waals surface area contributed by atoms with Crippen molar-refractivity contribution in [1.29, 1.82) is 0 Å². The summed E-state index contributed by atoms with van der Waals surface area (Å²) in [5.41, 5.74) is 12.5. The number of carbonyl (C=O) groups is 2. The van der Waals surface area contributed by atoms with E-state index >= 15 is 0 Å². The van der Waals surface area contributed by atoms with Gasteiger partial charge in [0.05, 0.1) is 22.6 Å². The fourth-order valence-electron chi connectivity index (χ4n) is 7.48. The molecule has 0 bridgehead atoms. The number of hydrogen-bond acceptors (Lipinski definition) is 10. The van der Waals surface area contributed by atoms with Crippen LogP contribution in [0.5, 0.6) is 0 Å². The number of amides is 2. The Morgan fingerprint density at radius 3 is 1.26 bits per heavy atom. The van der Waals surface area contributed by atoms with E-state index in [-0.39, 0.29) is 17.1 Å². The minimum absolute atomic E-state index is 0.183. The summed E-state index contributed by atoms with van der Waals surface area (Å²) in [6.07, 6.45) is 3.68. The van der Waals surface area contributed by atoms with Crippen molar-refractivity contribution in [3.63, 3.8) is 0 Å². The smallest absolute Gasteiger partial charge is 0.321 e. The van der Waals surface area contributed by atoms with Crippen molar-refractivity contribution >= 4 is 112 Å². The number of thioether (sulfide) groups is 2. The van der Waals surface area contributed by atoms with Gasteiger partial charge in [-0.2, -0.15) is 0 Å². The summed E-state index contributed by atoms with van der Waals surface area (Å²) in [7, 11) is 0. The Kier molecular flexibility index (Phi) is 15.7. The van der Waals surface area contributed by atoms with Gasteiger partial charge in [0.25, 0.3) is 11.8 Å². The van der Waals surface area contributed by atoms with Gasteiger partial charge in [0.2, 0.25) is 0 Å². The number of anilines is 2. The zero-order valence-corrected chi connectivity index (χ0v) is 41.0. The molecule has 0 unspecified atom stereocenters. The van der Waals surface area contributed by atoms with E-state index in [1.165, 1.54) is 0 Å². The fraction of sp³-hybridized carbons (Fsp3) is 0.0714. The lowest BCUT2D eigenvalue weighted by molar-refractivity contribution is -0.111. The third-order valence-electron chi connectivity index (χ3n) is 11.0. The Hall–Kier alpha value is -6.90. The molecule has 69 heavy (non-hydrogen) atoms. The van der Waals surface area contributed by atoms with Crippen LogP contribution in [0.15, 0.2) is 221 Å². The normalized spacial score (nSPS) is 15.0. The summed E-state index contributed by atoms with van der Waals surface area (Å²) in [6, 6.07) is 62.5. The molecule has 0 saturated heterocycles. The first kappa shape index (κ1) is 47.2. The number of nitrogens with zero attached hydrogens (tertiary/aromatic N) is 4. The molecule has 13 heteroatoms. The van der Waals surface area contributed by atoms with E-state index in [0.717, 1.165) is 70.1 Å². The summed E-state index contributed by atoms with van der Waals surface area (Å²) in [5.74, 6) is 0.948. The van der Waals surface area contributed by atoms with Gasteiger partial charge in [-0.3, -0.25) is 9.59 Å². The molecular formula is C56H45BN6O2S4. The van der Waals surface area contributed by atoms with E-state index in [1.807, 2.05) is 178 Å². The minimum Gasteiger partial charge on any atom is -0.321 e. The highest BCUT2D eigenvalue weighted by atomic mass is 32.2. The number of nitrogens with one attached hydrogen (secondary N) is 2. The molecule has 9 rings (SSSR count). The molecular weight excluding hydrogens is 928 g/mol. The average Bonchev–Trinajstić information content (AvgIpc) is 3.87. The predicted octanol–water partition coefficient (Wildman–Crippen LogP) is 12.9. The Bertz CT molecular complexity index is 2970. The van der Waals surface area contributed by atoms with Crippen LogP contribution in [-0.2, 0) is 21.1 Å². The standard InChI is InChI=1S/C56H45BN6O2S4/c1-38-28-30-49-45(32-38)47(53(64)58-49)34-51(42-22-12-5-13-23-42)60-62-55(66-36-40-18-8-3-9-19-40)68-57(44-26-16-7-17-27-44)69-56(67-37-41-20-10-4-11-21-41)63-61-52(43-24-14-6-15-25-43)35-48-46-33-39(2)29-31-50(46)59-54(48)65/h3-35H,36-37H2,1-2H3,(H,58,64)(H,59,65)/b47-34-,48-35-,60-51+,61-52+,62-55-,63-56-. The van der Waals surface area contributed by atoms with Gasteiger partial charge in [-0.25, -0.2) is 0 Å². The Labute approximate surface area is 420 Å². The van der Waals surface area contributed by atoms with Crippen molar-refractivity contribution in [2.75, 3.05) is 10.6 Å². The molecule has 7 aromatic rings. The van der Waals surface area contributed by atoms with Crippen molar-refractivity contribution in [2.45, 2.75) is 25.4 Å². The summed E-state index contributed by atoms with van der Waals surface area (Å²) in [6.45, 7) is 4.04. The zero-order valence-electron chi connectivity index (χ0n) is 37.8. The van der Waals surface area contributed by atoms with Gasteiger partial charge in [-0.1, -0.05) is 204 Å². The van der Waals surface area contributed by atoms with Crippen molar-refractivity contribution in [3.05, 3.63) is 245 Å². The van der Waals surface area contributed by atoms with Gasteiger partial charge in [0.15, 0.2) is 0 Å². The van der Waals surface area contributed by atoms with Gasteiger partial charge < -0.3 is 10.6 Å². The fourth-order valence-corrected chi connectivity index (χ4v) is 12.3. The maximum absolute atomic E-state index is 13.5. The monoisotopic (exact) mass is 972 g/mol. The second-order valence-electron chi connectivity index (χ2n) is 16.1. The predicted molar refractivity (Wildman–Crippen MR) is 299 cm³/mol. The van der Waals surface area contributed by atoms with Crippen LogP contribution in [0.25, 0.3) is 11.1 Å². The summed E-state index contributed by atoms with van der Waals surface area (Å²) < 4.78 is 1.46. The molecule has 338 valence electrons. The average molecular weight is 973 g/mol. The summed E-state index contributed by atoms with van der Waals surface area (Å²) >= 11 is 6.41. The Morgan fingerprint density at radius 2 is 0.855 bits per heavy atom. The largest absolute Gasteiger partial charge is 0.322 e. The molecule has 8 nitrogen and oxygen atoms in total. The van der Waals surface area contributed by atoms with Crippen molar-refractivity contribution < 1.29 is 9.59 Å². The molecule has 0 atom stereocenters. The van der Waals surface area contributed by atoms with Crippen LogP contribution in [0.1, 0.15) is 44.5 Å². The first-order valence-electron chi connectivity index (χ1n) is 22.2.